The molecule has 2 aromatic carbocycles. The molecular formula is C18H12BrF2N3O2. The highest BCUT2D eigenvalue weighted by atomic mass is 79.9. The van der Waals surface area contributed by atoms with Crippen molar-refractivity contribution in [3.8, 4) is 11.4 Å². The predicted molar refractivity (Wildman–Crippen MR) is 93.5 cm³/mol. The van der Waals surface area contributed by atoms with Crippen molar-refractivity contribution in [2.45, 2.75) is 12.3 Å². The standard InChI is InChI=1S/C18H12BrF2N3O2/c19-14-7-10(1-6-15(14)21)17-22-18(26-23-17)11-8-16(25)24(9-11)13-4-2-12(20)3-5-13/h1-7,11H,8-9H2. The molecule has 1 fully saturated rings. The summed E-state index contributed by atoms with van der Waals surface area (Å²) in [5.74, 6) is -0.409. The van der Waals surface area contributed by atoms with E-state index in [4.69, 9.17) is 4.52 Å². The molecule has 1 aliphatic heterocycles. The van der Waals surface area contributed by atoms with E-state index < -0.39 is 0 Å². The fourth-order valence-electron chi connectivity index (χ4n) is 2.90. The van der Waals surface area contributed by atoms with Crippen molar-refractivity contribution in [3.05, 3.63) is 64.5 Å². The number of halogens is 3. The molecule has 1 amide bonds. The van der Waals surface area contributed by atoms with Crippen LogP contribution in [0.2, 0.25) is 0 Å². The van der Waals surface area contributed by atoms with E-state index in [9.17, 15) is 13.6 Å². The second kappa shape index (κ2) is 6.60. The normalized spacial score (nSPS) is 17.1. The van der Waals surface area contributed by atoms with Gasteiger partial charge in [0.25, 0.3) is 0 Å². The van der Waals surface area contributed by atoms with Crippen LogP contribution in [0.4, 0.5) is 14.5 Å². The van der Waals surface area contributed by atoms with Crippen LogP contribution >= 0.6 is 15.9 Å². The fourth-order valence-corrected chi connectivity index (χ4v) is 3.28. The van der Waals surface area contributed by atoms with Gasteiger partial charge in [-0.2, -0.15) is 4.98 Å². The van der Waals surface area contributed by atoms with Crippen LogP contribution in [-0.4, -0.2) is 22.6 Å². The first-order chi connectivity index (χ1) is 12.5. The van der Waals surface area contributed by atoms with E-state index >= 15 is 0 Å². The minimum atomic E-state index is -0.381. The Morgan fingerprint density at radius 2 is 1.92 bits per heavy atom. The van der Waals surface area contributed by atoms with E-state index in [1.807, 2.05) is 0 Å². The first-order valence-corrected chi connectivity index (χ1v) is 8.65. The van der Waals surface area contributed by atoms with Crippen LogP contribution in [-0.2, 0) is 4.79 Å². The van der Waals surface area contributed by atoms with E-state index in [1.54, 1.807) is 29.2 Å². The Balaban J connectivity index is 1.55. The molecule has 0 aliphatic carbocycles. The van der Waals surface area contributed by atoms with Gasteiger partial charge in [0.15, 0.2) is 0 Å². The Hall–Kier alpha value is -2.61. The SMILES string of the molecule is O=C1CC(c2nc(-c3ccc(F)c(Br)c3)no2)CN1c1ccc(F)cc1. The van der Waals surface area contributed by atoms with Gasteiger partial charge < -0.3 is 9.42 Å². The third-order valence-electron chi connectivity index (χ3n) is 4.23. The van der Waals surface area contributed by atoms with E-state index in [0.29, 0.717) is 34.0 Å². The van der Waals surface area contributed by atoms with Gasteiger partial charge >= 0.3 is 0 Å². The second-order valence-corrected chi connectivity index (χ2v) is 6.82. The molecule has 1 saturated heterocycles. The number of nitrogens with zero attached hydrogens (tertiary/aromatic N) is 3. The molecule has 26 heavy (non-hydrogen) atoms. The molecule has 0 radical (unpaired) electrons. The lowest BCUT2D eigenvalue weighted by Gasteiger charge is -2.15. The minimum Gasteiger partial charge on any atom is -0.339 e. The zero-order valence-corrected chi connectivity index (χ0v) is 14.9. The lowest BCUT2D eigenvalue weighted by atomic mass is 10.1. The Morgan fingerprint density at radius 3 is 2.65 bits per heavy atom. The molecule has 4 rings (SSSR count). The van der Waals surface area contributed by atoms with E-state index in [2.05, 4.69) is 26.1 Å². The topological polar surface area (TPSA) is 59.2 Å². The summed E-state index contributed by atoms with van der Waals surface area (Å²) in [6.45, 7) is 0.374. The molecule has 0 N–H and O–H groups in total. The molecule has 1 unspecified atom stereocenters. The van der Waals surface area contributed by atoms with Crippen LogP contribution in [0.1, 0.15) is 18.2 Å². The van der Waals surface area contributed by atoms with Gasteiger partial charge in [0, 0.05) is 24.2 Å². The van der Waals surface area contributed by atoms with Crippen LogP contribution in [0, 0.1) is 11.6 Å². The molecule has 1 aliphatic rings. The molecule has 3 aromatic rings. The van der Waals surface area contributed by atoms with Crippen LogP contribution in [0.25, 0.3) is 11.4 Å². The average Bonchev–Trinajstić information content (AvgIpc) is 3.25. The molecule has 8 heteroatoms. The highest BCUT2D eigenvalue weighted by Gasteiger charge is 2.35. The summed E-state index contributed by atoms with van der Waals surface area (Å²) in [4.78, 5) is 18.2. The average molecular weight is 420 g/mol. The number of rotatable bonds is 3. The zero-order valence-electron chi connectivity index (χ0n) is 13.3. The number of amides is 1. The molecular weight excluding hydrogens is 408 g/mol. The highest BCUT2D eigenvalue weighted by molar-refractivity contribution is 9.10. The van der Waals surface area contributed by atoms with Crippen LogP contribution in [0.3, 0.4) is 0 Å². The largest absolute Gasteiger partial charge is 0.339 e. The predicted octanol–water partition coefficient (Wildman–Crippen LogP) is 4.30. The van der Waals surface area contributed by atoms with Crippen molar-refractivity contribution in [3.63, 3.8) is 0 Å². The number of carbonyl (C=O) groups excluding carboxylic acids is 1. The number of carbonyl (C=O) groups is 1. The van der Waals surface area contributed by atoms with Crippen LogP contribution < -0.4 is 4.90 Å². The smallest absolute Gasteiger partial charge is 0.232 e. The third kappa shape index (κ3) is 3.12. The van der Waals surface area contributed by atoms with Crippen molar-refractivity contribution in [1.82, 2.24) is 10.1 Å². The number of aromatic nitrogens is 2. The minimum absolute atomic E-state index is 0.0918. The summed E-state index contributed by atoms with van der Waals surface area (Å²) in [7, 11) is 0. The van der Waals surface area contributed by atoms with Crippen molar-refractivity contribution < 1.29 is 18.1 Å². The molecule has 0 bridgehead atoms. The van der Waals surface area contributed by atoms with Gasteiger partial charge in [-0.25, -0.2) is 8.78 Å². The molecule has 5 nitrogen and oxygen atoms in total. The van der Waals surface area contributed by atoms with Crippen molar-refractivity contribution in [1.29, 1.82) is 0 Å². The molecule has 1 aromatic heterocycles. The molecule has 1 atom stereocenters. The number of anilines is 1. The summed E-state index contributed by atoms with van der Waals surface area (Å²) < 4.78 is 32.0. The molecule has 132 valence electrons. The quantitative estimate of drug-likeness (QED) is 0.634. The van der Waals surface area contributed by atoms with E-state index in [0.717, 1.165) is 0 Å². The molecule has 0 spiro atoms. The Labute approximate surface area is 155 Å². The number of hydrogen-bond donors (Lipinski definition) is 0. The van der Waals surface area contributed by atoms with Gasteiger partial charge in [0.2, 0.25) is 17.6 Å². The van der Waals surface area contributed by atoms with Gasteiger partial charge in [0.05, 0.1) is 10.4 Å². The summed E-state index contributed by atoms with van der Waals surface area (Å²) in [5.41, 5.74) is 1.23. The Morgan fingerprint density at radius 1 is 1.15 bits per heavy atom. The van der Waals surface area contributed by atoms with E-state index in [1.165, 1.54) is 18.2 Å². The van der Waals surface area contributed by atoms with Crippen molar-refractivity contribution >= 4 is 27.5 Å². The zero-order chi connectivity index (χ0) is 18.3. The Kier molecular flexibility index (Phi) is 4.28. The summed E-state index contributed by atoms with van der Waals surface area (Å²) in [6.07, 6.45) is 0.228. The van der Waals surface area contributed by atoms with Crippen LogP contribution in [0.5, 0.6) is 0 Å². The van der Waals surface area contributed by atoms with Gasteiger partial charge in [-0.1, -0.05) is 5.16 Å². The first kappa shape index (κ1) is 16.8. The third-order valence-corrected chi connectivity index (χ3v) is 4.84. The van der Waals surface area contributed by atoms with Gasteiger partial charge in [-0.15, -0.1) is 0 Å². The second-order valence-electron chi connectivity index (χ2n) is 5.97. The van der Waals surface area contributed by atoms with Gasteiger partial charge in [0.1, 0.15) is 11.6 Å². The summed E-state index contributed by atoms with van der Waals surface area (Å²) in [5, 5.41) is 3.93. The fraction of sp³-hybridized carbons (Fsp3) is 0.167. The molecule has 2 heterocycles. The molecule has 0 saturated carbocycles. The van der Waals surface area contributed by atoms with Gasteiger partial charge in [-0.3, -0.25) is 4.79 Å². The van der Waals surface area contributed by atoms with Crippen LogP contribution in [0.15, 0.2) is 51.5 Å². The number of hydrogen-bond acceptors (Lipinski definition) is 4. The highest BCUT2D eigenvalue weighted by Crippen LogP contribution is 2.32. The summed E-state index contributed by atoms with van der Waals surface area (Å²) >= 11 is 3.12. The van der Waals surface area contributed by atoms with Gasteiger partial charge in [-0.05, 0) is 58.4 Å². The van der Waals surface area contributed by atoms with E-state index in [-0.39, 0.29) is 29.9 Å². The Bertz CT molecular complexity index is 975. The van der Waals surface area contributed by atoms with Crippen molar-refractivity contribution in [2.24, 2.45) is 0 Å². The van der Waals surface area contributed by atoms with Crippen molar-refractivity contribution in [2.75, 3.05) is 11.4 Å². The first-order valence-electron chi connectivity index (χ1n) is 7.86. The maximum atomic E-state index is 13.4. The summed E-state index contributed by atoms with van der Waals surface area (Å²) in [6, 6.07) is 10.2. The lowest BCUT2D eigenvalue weighted by Crippen LogP contribution is -2.24. The lowest BCUT2D eigenvalue weighted by molar-refractivity contribution is -0.117. The maximum absolute atomic E-state index is 13.4. The maximum Gasteiger partial charge on any atom is 0.232 e. The number of benzene rings is 2. The monoisotopic (exact) mass is 419 g/mol.